The van der Waals surface area contributed by atoms with Gasteiger partial charge in [0.25, 0.3) is 0 Å². The van der Waals surface area contributed by atoms with Crippen molar-refractivity contribution in [2.24, 2.45) is 23.7 Å². The summed E-state index contributed by atoms with van der Waals surface area (Å²) >= 11 is 0. The molecule has 3 heteroatoms. The van der Waals surface area contributed by atoms with E-state index in [1.54, 1.807) is 11.1 Å². The molecule has 2 aromatic heterocycles. The second-order valence-electron chi connectivity index (χ2n) is 20.1. The van der Waals surface area contributed by atoms with Crippen molar-refractivity contribution >= 4 is 60.7 Å². The number of aromatic nitrogens is 2. The summed E-state index contributed by atoms with van der Waals surface area (Å²) in [6.45, 7) is 0. The van der Waals surface area contributed by atoms with Gasteiger partial charge < -0.3 is 14.0 Å². The molecule has 3 nitrogen and oxygen atoms in total. The summed E-state index contributed by atoms with van der Waals surface area (Å²) in [4.78, 5) is 2.43. The first-order valence-corrected chi connectivity index (χ1v) is 24.5. The molecule has 4 fully saturated rings. The summed E-state index contributed by atoms with van der Waals surface area (Å²) in [6.07, 6.45) is 7.11. The second-order valence-corrected chi connectivity index (χ2v) is 20.1. The van der Waals surface area contributed by atoms with E-state index < -0.39 is 0 Å². The molecular formula is C64H49N3. The number of hydrogen-bond donors (Lipinski definition) is 0. The Hall–Kier alpha value is -7.62. The molecule has 0 radical (unpaired) electrons. The number of hydrogen-bond acceptors (Lipinski definition) is 1. The molecule has 4 saturated carbocycles. The number of nitrogens with zero attached hydrogens (tertiary/aromatic N) is 3. The van der Waals surface area contributed by atoms with Crippen LogP contribution in [0.25, 0.3) is 77.2 Å². The fraction of sp³-hybridized carbons (Fsp3) is 0.156. The highest BCUT2D eigenvalue weighted by Crippen LogP contribution is 2.69. The molecule has 320 valence electrons. The van der Waals surface area contributed by atoms with Gasteiger partial charge in [0.2, 0.25) is 0 Å². The smallest absolute Gasteiger partial charge is 0.0561 e. The minimum Gasteiger partial charge on any atom is -0.310 e. The molecule has 0 unspecified atom stereocenters. The zero-order valence-corrected chi connectivity index (χ0v) is 37.4. The van der Waals surface area contributed by atoms with Gasteiger partial charge in [-0.1, -0.05) is 127 Å². The zero-order valence-electron chi connectivity index (χ0n) is 37.4. The lowest BCUT2D eigenvalue weighted by atomic mass is 9.43. The molecule has 2 heterocycles. The summed E-state index contributed by atoms with van der Waals surface area (Å²) in [7, 11) is 0. The number of rotatable bonds is 6. The predicted octanol–water partition coefficient (Wildman–Crippen LogP) is 16.7. The lowest BCUT2D eigenvalue weighted by molar-refractivity contribution is -0.0399. The monoisotopic (exact) mass is 859 g/mol. The Balaban J connectivity index is 0.863. The van der Waals surface area contributed by atoms with E-state index in [0.717, 1.165) is 52.1 Å². The molecule has 0 amide bonds. The van der Waals surface area contributed by atoms with E-state index in [0.29, 0.717) is 0 Å². The fourth-order valence-electron chi connectivity index (χ4n) is 14.5. The number of anilines is 3. The van der Waals surface area contributed by atoms with Gasteiger partial charge >= 0.3 is 0 Å². The van der Waals surface area contributed by atoms with Gasteiger partial charge in [0.05, 0.1) is 22.1 Å². The molecule has 0 N–H and O–H groups in total. The summed E-state index contributed by atoms with van der Waals surface area (Å²) in [5, 5.41) is 5.04. The van der Waals surface area contributed by atoms with Crippen molar-refractivity contribution in [3.05, 3.63) is 223 Å². The Morgan fingerprint density at radius 2 is 0.821 bits per heavy atom. The first-order chi connectivity index (χ1) is 33.2. The van der Waals surface area contributed by atoms with Gasteiger partial charge in [-0.15, -0.1) is 0 Å². The number of para-hydroxylation sites is 4. The fourth-order valence-corrected chi connectivity index (χ4v) is 14.5. The quantitative estimate of drug-likeness (QED) is 0.162. The van der Waals surface area contributed by atoms with E-state index in [9.17, 15) is 0 Å². The molecule has 5 aliphatic rings. The highest BCUT2D eigenvalue weighted by molar-refractivity contribution is 6.11. The molecule has 1 spiro atoms. The van der Waals surface area contributed by atoms with E-state index in [2.05, 4.69) is 226 Å². The number of benzene rings is 9. The molecule has 67 heavy (non-hydrogen) atoms. The van der Waals surface area contributed by atoms with Crippen LogP contribution in [-0.4, -0.2) is 9.13 Å². The van der Waals surface area contributed by atoms with Crippen LogP contribution in [0.2, 0.25) is 0 Å². The average molecular weight is 860 g/mol. The largest absolute Gasteiger partial charge is 0.310 e. The highest BCUT2D eigenvalue weighted by Gasteiger charge is 2.61. The van der Waals surface area contributed by atoms with E-state index in [1.165, 1.54) is 98.0 Å². The van der Waals surface area contributed by atoms with E-state index in [1.807, 2.05) is 0 Å². The summed E-state index contributed by atoms with van der Waals surface area (Å²) in [6, 6.07) is 79.6. The van der Waals surface area contributed by atoms with Crippen LogP contribution in [0, 0.1) is 23.7 Å². The maximum atomic E-state index is 2.55. The van der Waals surface area contributed by atoms with Gasteiger partial charge in [0, 0.05) is 55.4 Å². The van der Waals surface area contributed by atoms with Crippen molar-refractivity contribution in [1.29, 1.82) is 0 Å². The topological polar surface area (TPSA) is 13.1 Å². The van der Waals surface area contributed by atoms with Crippen LogP contribution in [0.3, 0.4) is 0 Å². The Labute approximate surface area is 391 Å². The molecular weight excluding hydrogens is 811 g/mol. The van der Waals surface area contributed by atoms with Crippen molar-refractivity contribution in [3.63, 3.8) is 0 Å². The second kappa shape index (κ2) is 14.2. The van der Waals surface area contributed by atoms with Crippen LogP contribution in [0.1, 0.15) is 43.2 Å². The third-order valence-electron chi connectivity index (χ3n) is 16.9. The molecule has 16 rings (SSSR count). The minimum atomic E-state index is 0.187. The zero-order chi connectivity index (χ0) is 43.8. The van der Waals surface area contributed by atoms with Crippen LogP contribution in [0.15, 0.2) is 212 Å². The minimum absolute atomic E-state index is 0.187. The van der Waals surface area contributed by atoms with Crippen LogP contribution >= 0.6 is 0 Å². The molecule has 0 aliphatic heterocycles. The van der Waals surface area contributed by atoms with Gasteiger partial charge in [-0.2, -0.15) is 0 Å². The van der Waals surface area contributed by atoms with Gasteiger partial charge in [-0.05, 0) is 174 Å². The lowest BCUT2D eigenvalue weighted by Crippen LogP contribution is -2.55. The van der Waals surface area contributed by atoms with Crippen molar-refractivity contribution in [1.82, 2.24) is 9.13 Å². The maximum Gasteiger partial charge on any atom is 0.0561 e. The molecule has 11 aromatic rings. The van der Waals surface area contributed by atoms with Crippen molar-refractivity contribution < 1.29 is 0 Å². The van der Waals surface area contributed by atoms with E-state index >= 15 is 0 Å². The summed E-state index contributed by atoms with van der Waals surface area (Å²) in [5.74, 6) is 3.42. The van der Waals surface area contributed by atoms with Crippen molar-refractivity contribution in [3.8, 4) is 33.6 Å². The average Bonchev–Trinajstić information content (AvgIpc) is 4.00. The first-order valence-electron chi connectivity index (χ1n) is 24.5. The molecule has 0 saturated heterocycles. The van der Waals surface area contributed by atoms with Crippen molar-refractivity contribution in [2.75, 3.05) is 4.90 Å². The maximum absolute atomic E-state index is 2.55. The van der Waals surface area contributed by atoms with Crippen molar-refractivity contribution in [2.45, 2.75) is 37.5 Å². The van der Waals surface area contributed by atoms with Gasteiger partial charge in [0.15, 0.2) is 0 Å². The standard InChI is InChI=1S/C64H49N3/c1-2-12-47(13-3-1)67-62-21-11-7-17-55(62)56-32-31-51(40-63(56)67)65(49-27-29-50(30-28-49)66-60-19-9-5-15-53(60)54-16-6-10-20-61(54)66)48-25-22-43(23-26-48)44-24-33-59-57(39-44)52-14-4-8-18-58(52)64(59)45-35-41-34-42(37-45)38-46(64)36-41/h1-33,39-42,45-46H,34-38H2. The van der Waals surface area contributed by atoms with E-state index in [4.69, 9.17) is 0 Å². The van der Waals surface area contributed by atoms with Crippen LogP contribution in [-0.2, 0) is 5.41 Å². The first kappa shape index (κ1) is 37.6. The van der Waals surface area contributed by atoms with Crippen LogP contribution in [0.5, 0.6) is 0 Å². The summed E-state index contributed by atoms with van der Waals surface area (Å²) < 4.78 is 4.82. The van der Waals surface area contributed by atoms with E-state index in [-0.39, 0.29) is 5.41 Å². The molecule has 9 aromatic carbocycles. The summed E-state index contributed by atoms with van der Waals surface area (Å²) in [5.41, 5.74) is 19.4. The third-order valence-corrected chi connectivity index (χ3v) is 16.9. The molecule has 4 bridgehead atoms. The Morgan fingerprint density at radius 1 is 0.343 bits per heavy atom. The number of fused-ring (bicyclic) bond motifs is 9. The van der Waals surface area contributed by atoms with Gasteiger partial charge in [0.1, 0.15) is 0 Å². The Kier molecular flexibility index (Phi) is 7.96. The normalized spacial score (nSPS) is 21.2. The van der Waals surface area contributed by atoms with Crippen LogP contribution in [0.4, 0.5) is 17.1 Å². The lowest BCUT2D eigenvalue weighted by Gasteiger charge is -2.61. The van der Waals surface area contributed by atoms with Gasteiger partial charge in [-0.3, -0.25) is 0 Å². The highest BCUT2D eigenvalue weighted by atomic mass is 15.1. The van der Waals surface area contributed by atoms with Gasteiger partial charge in [-0.25, -0.2) is 0 Å². The SMILES string of the molecule is c1ccc(-n2c3ccccc3c3ccc(N(c4ccc(-c5ccc6c(c5)-c5ccccc5C65C6CC7CC(C6)CC5C7)cc4)c4ccc(-n5c6ccccc6c6ccccc65)cc4)cc32)cc1. The molecule has 5 aliphatic carbocycles. The van der Waals surface area contributed by atoms with Crippen LogP contribution < -0.4 is 4.90 Å². The Morgan fingerprint density at radius 3 is 1.46 bits per heavy atom. The molecule has 0 atom stereocenters. The third kappa shape index (κ3) is 5.34. The predicted molar refractivity (Wildman–Crippen MR) is 278 cm³/mol. The Bertz CT molecular complexity index is 3680.